The Labute approximate surface area is 119 Å². The summed E-state index contributed by atoms with van der Waals surface area (Å²) in [5.41, 5.74) is 0. The van der Waals surface area contributed by atoms with Crippen molar-refractivity contribution in [3.8, 4) is 0 Å². The van der Waals surface area contributed by atoms with Gasteiger partial charge in [0, 0.05) is 32.8 Å². The van der Waals surface area contributed by atoms with Crippen molar-refractivity contribution >= 4 is 16.5 Å². The number of likely N-dealkylation sites (tertiary alicyclic amines) is 1. The first-order chi connectivity index (χ1) is 9.49. The summed E-state index contributed by atoms with van der Waals surface area (Å²) in [6.45, 7) is 3.47. The molecule has 0 amide bonds. The van der Waals surface area contributed by atoms with Crippen molar-refractivity contribution < 1.29 is 17.9 Å². The normalized spacial score (nSPS) is 18.4. The summed E-state index contributed by atoms with van der Waals surface area (Å²) >= 11 is 0.667. The van der Waals surface area contributed by atoms with Crippen LogP contribution >= 0.6 is 11.3 Å². The zero-order chi connectivity index (χ0) is 14.6. The highest BCUT2D eigenvalue weighted by Gasteiger charge is 2.33. The third-order valence-corrected chi connectivity index (χ3v) is 4.29. The zero-order valence-corrected chi connectivity index (χ0v) is 12.1. The fourth-order valence-corrected chi connectivity index (χ4v) is 2.93. The number of rotatable bonds is 5. The summed E-state index contributed by atoms with van der Waals surface area (Å²) in [4.78, 5) is 5.44. The maximum absolute atomic E-state index is 12.5. The Morgan fingerprint density at radius 3 is 2.70 bits per heavy atom. The van der Waals surface area contributed by atoms with Gasteiger partial charge in [0.1, 0.15) is 4.88 Å². The van der Waals surface area contributed by atoms with E-state index in [2.05, 4.69) is 15.2 Å². The summed E-state index contributed by atoms with van der Waals surface area (Å²) in [6.07, 6.45) is -1.60. The van der Waals surface area contributed by atoms with Crippen LogP contribution in [0.15, 0.2) is 6.20 Å². The number of anilines is 1. The Morgan fingerprint density at radius 2 is 2.15 bits per heavy atom. The van der Waals surface area contributed by atoms with Crippen molar-refractivity contribution in [3.05, 3.63) is 11.1 Å². The van der Waals surface area contributed by atoms with Gasteiger partial charge in [0.15, 0.2) is 5.13 Å². The molecule has 0 saturated carbocycles. The first-order valence-electron chi connectivity index (χ1n) is 6.50. The molecule has 1 saturated heterocycles. The van der Waals surface area contributed by atoms with Gasteiger partial charge in [-0.1, -0.05) is 11.3 Å². The third kappa shape index (κ3) is 4.32. The molecule has 2 rings (SSSR count). The second-order valence-corrected chi connectivity index (χ2v) is 5.81. The van der Waals surface area contributed by atoms with Crippen LogP contribution in [0.3, 0.4) is 0 Å². The minimum atomic E-state index is -4.30. The van der Waals surface area contributed by atoms with Crippen molar-refractivity contribution in [2.45, 2.75) is 25.1 Å². The summed E-state index contributed by atoms with van der Waals surface area (Å²) in [5, 5.41) is 3.45. The molecule has 0 bridgehead atoms. The molecule has 20 heavy (non-hydrogen) atoms. The molecule has 1 aromatic heterocycles. The predicted octanol–water partition coefficient (Wildman–Crippen LogP) is 2.68. The maximum Gasteiger partial charge on any atom is 0.427 e. The van der Waals surface area contributed by atoms with Gasteiger partial charge in [-0.3, -0.25) is 0 Å². The topological polar surface area (TPSA) is 37.4 Å². The van der Waals surface area contributed by atoms with E-state index < -0.39 is 11.1 Å². The number of methoxy groups -OCH3 is 1. The van der Waals surface area contributed by atoms with E-state index in [-0.39, 0.29) is 6.04 Å². The van der Waals surface area contributed by atoms with E-state index in [9.17, 15) is 13.2 Å². The Hall–Kier alpha value is -0.860. The average molecular weight is 309 g/mol. The number of aromatic nitrogens is 1. The van der Waals surface area contributed by atoms with Gasteiger partial charge in [-0.05, 0) is 12.8 Å². The van der Waals surface area contributed by atoms with E-state index in [4.69, 9.17) is 4.74 Å². The second-order valence-electron chi connectivity index (χ2n) is 4.78. The quantitative estimate of drug-likeness (QED) is 0.907. The van der Waals surface area contributed by atoms with Crippen LogP contribution in [0, 0.1) is 0 Å². The van der Waals surface area contributed by atoms with E-state index in [1.165, 1.54) is 0 Å². The molecular weight excluding hydrogens is 291 g/mol. The first kappa shape index (κ1) is 15.5. The number of halogens is 3. The molecular formula is C12H18F3N3OS. The predicted molar refractivity (Wildman–Crippen MR) is 72.1 cm³/mol. The number of ether oxygens (including phenoxy) is 1. The Bertz CT molecular complexity index is 416. The summed E-state index contributed by atoms with van der Waals surface area (Å²) in [5.74, 6) is 0. The van der Waals surface area contributed by atoms with Crippen molar-refractivity contribution in [3.63, 3.8) is 0 Å². The molecule has 4 nitrogen and oxygen atoms in total. The lowest BCUT2D eigenvalue weighted by Gasteiger charge is -2.31. The molecule has 1 aromatic rings. The summed E-state index contributed by atoms with van der Waals surface area (Å²) in [6, 6.07) is 0.195. The fourth-order valence-electron chi connectivity index (χ4n) is 2.17. The van der Waals surface area contributed by atoms with Gasteiger partial charge in [-0.2, -0.15) is 13.2 Å². The van der Waals surface area contributed by atoms with Crippen LogP contribution in [-0.2, 0) is 10.9 Å². The molecule has 1 fully saturated rings. The number of thiazole rings is 1. The van der Waals surface area contributed by atoms with E-state index >= 15 is 0 Å². The van der Waals surface area contributed by atoms with Crippen LogP contribution in [-0.4, -0.2) is 49.3 Å². The molecule has 1 N–H and O–H groups in total. The van der Waals surface area contributed by atoms with Crippen LogP contribution in [0.4, 0.5) is 18.3 Å². The van der Waals surface area contributed by atoms with Gasteiger partial charge >= 0.3 is 6.18 Å². The molecule has 8 heteroatoms. The lowest BCUT2D eigenvalue weighted by molar-refractivity contribution is -0.134. The van der Waals surface area contributed by atoms with E-state index in [1.807, 2.05) is 0 Å². The SMILES string of the molecule is COCCN1CCC(Nc2ncc(C(F)(F)F)s2)CC1. The van der Waals surface area contributed by atoms with Crippen LogP contribution in [0.2, 0.25) is 0 Å². The highest BCUT2D eigenvalue weighted by molar-refractivity contribution is 7.15. The van der Waals surface area contributed by atoms with E-state index in [1.54, 1.807) is 7.11 Å². The van der Waals surface area contributed by atoms with Crippen molar-refractivity contribution in [2.75, 3.05) is 38.7 Å². The molecule has 0 aliphatic carbocycles. The molecule has 0 atom stereocenters. The maximum atomic E-state index is 12.5. The number of piperidine rings is 1. The van der Waals surface area contributed by atoms with Crippen molar-refractivity contribution in [2.24, 2.45) is 0 Å². The van der Waals surface area contributed by atoms with Crippen LogP contribution < -0.4 is 5.32 Å². The Balaban J connectivity index is 1.79. The molecule has 0 aromatic carbocycles. The van der Waals surface area contributed by atoms with Gasteiger partial charge in [0.25, 0.3) is 0 Å². The molecule has 1 aliphatic rings. The van der Waals surface area contributed by atoms with Crippen LogP contribution in [0.1, 0.15) is 17.7 Å². The summed E-state index contributed by atoms with van der Waals surface area (Å²) < 4.78 is 42.5. The third-order valence-electron chi connectivity index (χ3n) is 3.31. The molecule has 0 spiro atoms. The number of hydrogen-bond acceptors (Lipinski definition) is 5. The van der Waals surface area contributed by atoms with Gasteiger partial charge in [0.05, 0.1) is 12.8 Å². The second kappa shape index (κ2) is 6.73. The minimum Gasteiger partial charge on any atom is -0.383 e. The largest absolute Gasteiger partial charge is 0.427 e. The molecule has 2 heterocycles. The standard InChI is InChI=1S/C12H18F3N3OS/c1-19-7-6-18-4-2-9(3-5-18)17-11-16-8-10(20-11)12(13,14)15/h8-9H,2-7H2,1H3,(H,16,17). The summed E-state index contributed by atoms with van der Waals surface area (Å²) in [7, 11) is 1.68. The van der Waals surface area contributed by atoms with Crippen molar-refractivity contribution in [1.82, 2.24) is 9.88 Å². The molecule has 0 radical (unpaired) electrons. The number of nitrogens with zero attached hydrogens (tertiary/aromatic N) is 2. The number of hydrogen-bond donors (Lipinski definition) is 1. The number of nitrogens with one attached hydrogen (secondary N) is 1. The van der Waals surface area contributed by atoms with Gasteiger partial charge in [-0.25, -0.2) is 4.98 Å². The average Bonchev–Trinajstić information content (AvgIpc) is 2.86. The van der Waals surface area contributed by atoms with E-state index in [0.29, 0.717) is 23.1 Å². The molecule has 0 unspecified atom stereocenters. The monoisotopic (exact) mass is 309 g/mol. The van der Waals surface area contributed by atoms with Gasteiger partial charge in [0.2, 0.25) is 0 Å². The van der Waals surface area contributed by atoms with Crippen LogP contribution in [0.25, 0.3) is 0 Å². The lowest BCUT2D eigenvalue weighted by Crippen LogP contribution is -2.40. The highest BCUT2D eigenvalue weighted by Crippen LogP contribution is 2.35. The molecule has 114 valence electrons. The van der Waals surface area contributed by atoms with Crippen LogP contribution in [0.5, 0.6) is 0 Å². The van der Waals surface area contributed by atoms with E-state index in [0.717, 1.165) is 38.7 Å². The highest BCUT2D eigenvalue weighted by atomic mass is 32.1. The Kier molecular flexibility index (Phi) is 5.22. The smallest absolute Gasteiger partial charge is 0.383 e. The minimum absolute atomic E-state index is 0.195. The molecule has 1 aliphatic heterocycles. The fraction of sp³-hybridized carbons (Fsp3) is 0.750. The zero-order valence-electron chi connectivity index (χ0n) is 11.2. The van der Waals surface area contributed by atoms with Gasteiger partial charge < -0.3 is 15.0 Å². The lowest BCUT2D eigenvalue weighted by atomic mass is 10.1. The van der Waals surface area contributed by atoms with Crippen molar-refractivity contribution in [1.29, 1.82) is 0 Å². The Morgan fingerprint density at radius 1 is 1.45 bits per heavy atom. The van der Waals surface area contributed by atoms with Gasteiger partial charge in [-0.15, -0.1) is 0 Å². The first-order valence-corrected chi connectivity index (χ1v) is 7.31. The number of alkyl halides is 3.